The smallest absolute Gasteiger partial charge is 0.422 e. The van der Waals surface area contributed by atoms with Crippen LogP contribution < -0.4 is 0 Å². The van der Waals surface area contributed by atoms with Crippen LogP contribution >= 0.6 is 0 Å². The van der Waals surface area contributed by atoms with Gasteiger partial charge in [-0.2, -0.15) is 0 Å². The molecule has 0 amide bonds. The van der Waals surface area contributed by atoms with Crippen molar-refractivity contribution in [2.75, 3.05) is 0 Å². The van der Waals surface area contributed by atoms with E-state index in [4.69, 9.17) is 0 Å². The number of fused-ring (bicyclic) bond motifs is 3. The minimum atomic E-state index is -1.20. The van der Waals surface area contributed by atoms with Crippen LogP contribution in [0.15, 0.2) is 11.5 Å². The molecule has 2 saturated heterocycles. The fraction of sp³-hybridized carbons (Fsp3) is 0.250. The van der Waals surface area contributed by atoms with Gasteiger partial charge in [0.15, 0.2) is 11.5 Å². The maximum atomic E-state index is 10.8. The van der Waals surface area contributed by atoms with Gasteiger partial charge in [-0.05, 0) is 0 Å². The van der Waals surface area contributed by atoms with Crippen molar-refractivity contribution < 1.29 is 38.1 Å². The summed E-state index contributed by atoms with van der Waals surface area (Å²) in [5.74, 6) is -4.97. The van der Waals surface area contributed by atoms with E-state index in [9.17, 15) is 19.2 Å². The molecular formula is C8H2O8. The van der Waals surface area contributed by atoms with Crippen LogP contribution in [0.4, 0.5) is 0 Å². The quantitative estimate of drug-likeness (QED) is 0.269. The first-order chi connectivity index (χ1) is 7.58. The largest absolute Gasteiger partial charge is 0.441 e. The summed E-state index contributed by atoms with van der Waals surface area (Å²) in [5, 5.41) is 0. The zero-order valence-corrected chi connectivity index (χ0v) is 7.42. The Hall–Kier alpha value is -2.38. The Morgan fingerprint density at radius 3 is 1.38 bits per heavy atom. The highest BCUT2D eigenvalue weighted by molar-refractivity contribution is 6.32. The molecule has 0 N–H and O–H groups in total. The van der Waals surface area contributed by atoms with Crippen molar-refractivity contribution in [3.8, 4) is 0 Å². The summed E-state index contributed by atoms with van der Waals surface area (Å²) in [4.78, 5) is 43.3. The average Bonchev–Trinajstić information content (AvgIpc) is 2.26. The van der Waals surface area contributed by atoms with Gasteiger partial charge < -0.3 is 18.9 Å². The maximum Gasteiger partial charge on any atom is 0.422 e. The van der Waals surface area contributed by atoms with Crippen molar-refractivity contribution in [2.24, 2.45) is 0 Å². The molecule has 2 atom stereocenters. The molecule has 8 nitrogen and oxygen atoms in total. The highest BCUT2D eigenvalue weighted by Crippen LogP contribution is 2.40. The van der Waals surface area contributed by atoms with Gasteiger partial charge in [0.1, 0.15) is 0 Å². The molecule has 0 aromatic heterocycles. The van der Waals surface area contributed by atoms with Crippen molar-refractivity contribution in [1.29, 1.82) is 0 Å². The standard InChI is InChI=1S/C8H2O8/c9-5-6(10)14-2-1(13-5)3-4(2)16-8(12)7(11)15-3/h1,3H. The lowest BCUT2D eigenvalue weighted by Gasteiger charge is -2.40. The summed E-state index contributed by atoms with van der Waals surface area (Å²) < 4.78 is 18.3. The summed E-state index contributed by atoms with van der Waals surface area (Å²) in [6.45, 7) is 0. The van der Waals surface area contributed by atoms with Gasteiger partial charge in [-0.3, -0.25) is 0 Å². The first-order valence-corrected chi connectivity index (χ1v) is 4.17. The molecule has 2 heterocycles. The molecule has 0 saturated carbocycles. The van der Waals surface area contributed by atoms with Crippen molar-refractivity contribution in [1.82, 2.24) is 0 Å². The summed E-state index contributed by atoms with van der Waals surface area (Å²) >= 11 is 0. The van der Waals surface area contributed by atoms with Crippen LogP contribution in [0.2, 0.25) is 0 Å². The molecule has 3 aliphatic rings. The molecule has 8 heteroatoms. The van der Waals surface area contributed by atoms with Crippen LogP contribution in [0.5, 0.6) is 0 Å². The summed E-state index contributed by atoms with van der Waals surface area (Å²) in [6.07, 6.45) is -2.01. The monoisotopic (exact) mass is 226 g/mol. The van der Waals surface area contributed by atoms with Crippen LogP contribution in [0.1, 0.15) is 0 Å². The molecular weight excluding hydrogens is 224 g/mol. The second kappa shape index (κ2) is 2.60. The number of esters is 4. The first-order valence-electron chi connectivity index (χ1n) is 4.17. The molecule has 0 radical (unpaired) electrons. The average molecular weight is 226 g/mol. The highest BCUT2D eigenvalue weighted by Gasteiger charge is 2.58. The molecule has 82 valence electrons. The molecule has 2 fully saturated rings. The molecule has 0 aromatic carbocycles. The predicted octanol–water partition coefficient (Wildman–Crippen LogP) is -1.85. The zero-order valence-electron chi connectivity index (χ0n) is 7.42. The summed E-state index contributed by atoms with van der Waals surface area (Å²) in [6, 6.07) is 0. The lowest BCUT2D eigenvalue weighted by Crippen LogP contribution is -2.56. The second-order valence-electron chi connectivity index (χ2n) is 3.16. The van der Waals surface area contributed by atoms with Crippen LogP contribution in [-0.2, 0) is 38.1 Å². The predicted molar refractivity (Wildman–Crippen MR) is 39.0 cm³/mol. The second-order valence-corrected chi connectivity index (χ2v) is 3.16. The first kappa shape index (κ1) is 8.89. The van der Waals surface area contributed by atoms with Gasteiger partial charge in [0.25, 0.3) is 0 Å². The molecule has 0 bridgehead atoms. The van der Waals surface area contributed by atoms with E-state index >= 15 is 0 Å². The number of ether oxygens (including phenoxy) is 4. The van der Waals surface area contributed by atoms with Crippen molar-refractivity contribution in [3.63, 3.8) is 0 Å². The fourth-order valence-electron chi connectivity index (χ4n) is 1.52. The van der Waals surface area contributed by atoms with Gasteiger partial charge in [-0.25, -0.2) is 19.2 Å². The van der Waals surface area contributed by atoms with E-state index in [1.165, 1.54) is 0 Å². The van der Waals surface area contributed by atoms with Gasteiger partial charge in [-0.15, -0.1) is 0 Å². The topological polar surface area (TPSA) is 105 Å². The number of hydrogen-bond donors (Lipinski definition) is 0. The molecule has 2 aliphatic heterocycles. The van der Waals surface area contributed by atoms with E-state index in [1.54, 1.807) is 0 Å². The summed E-state index contributed by atoms with van der Waals surface area (Å²) in [7, 11) is 0. The van der Waals surface area contributed by atoms with Gasteiger partial charge in [0.2, 0.25) is 12.2 Å². The molecule has 1 aliphatic carbocycles. The van der Waals surface area contributed by atoms with E-state index in [2.05, 4.69) is 18.9 Å². The van der Waals surface area contributed by atoms with Crippen molar-refractivity contribution in [3.05, 3.63) is 11.5 Å². The van der Waals surface area contributed by atoms with Crippen molar-refractivity contribution in [2.45, 2.75) is 12.2 Å². The normalized spacial score (nSPS) is 31.5. The highest BCUT2D eigenvalue weighted by atomic mass is 16.7. The van der Waals surface area contributed by atoms with E-state index in [0.717, 1.165) is 0 Å². The van der Waals surface area contributed by atoms with E-state index < -0.39 is 36.1 Å². The number of rotatable bonds is 0. The van der Waals surface area contributed by atoms with Crippen LogP contribution in [0, 0.1) is 0 Å². The van der Waals surface area contributed by atoms with E-state index in [-0.39, 0.29) is 11.5 Å². The van der Waals surface area contributed by atoms with Gasteiger partial charge in [0, 0.05) is 0 Å². The van der Waals surface area contributed by atoms with Crippen LogP contribution in [-0.4, -0.2) is 36.1 Å². The van der Waals surface area contributed by atoms with E-state index in [1.807, 2.05) is 0 Å². The minimum Gasteiger partial charge on any atom is -0.441 e. The number of carbonyl (C=O) groups excluding carboxylic acids is 4. The SMILES string of the molecule is O=C1OC2=C3OC(=O)C(=O)OC3C2OC1=O. The van der Waals surface area contributed by atoms with Gasteiger partial charge in [-0.1, -0.05) is 0 Å². The Morgan fingerprint density at radius 1 is 0.625 bits per heavy atom. The third-order valence-corrected chi connectivity index (χ3v) is 2.24. The Balaban J connectivity index is 1.95. The van der Waals surface area contributed by atoms with Crippen LogP contribution in [0.3, 0.4) is 0 Å². The molecule has 0 spiro atoms. The van der Waals surface area contributed by atoms with Crippen LogP contribution in [0.25, 0.3) is 0 Å². The number of hydrogen-bond acceptors (Lipinski definition) is 8. The maximum absolute atomic E-state index is 10.8. The lowest BCUT2D eigenvalue weighted by molar-refractivity contribution is -0.207. The molecule has 3 rings (SSSR count). The third-order valence-electron chi connectivity index (χ3n) is 2.24. The van der Waals surface area contributed by atoms with E-state index in [0.29, 0.717) is 0 Å². The fourth-order valence-corrected chi connectivity index (χ4v) is 1.52. The Morgan fingerprint density at radius 2 is 1.00 bits per heavy atom. The third kappa shape index (κ3) is 0.926. The molecule has 16 heavy (non-hydrogen) atoms. The Bertz CT molecular complexity index is 442. The Labute approximate surface area is 86.7 Å². The lowest BCUT2D eigenvalue weighted by atomic mass is 9.95. The molecule has 0 aromatic rings. The van der Waals surface area contributed by atoms with Gasteiger partial charge in [0.05, 0.1) is 0 Å². The Kier molecular flexibility index (Phi) is 1.44. The molecule has 2 unspecified atom stereocenters. The zero-order chi connectivity index (χ0) is 11.4. The summed E-state index contributed by atoms with van der Waals surface area (Å²) in [5.41, 5.74) is 0. The minimum absolute atomic E-state index is 0.101. The van der Waals surface area contributed by atoms with Crippen molar-refractivity contribution >= 4 is 23.9 Å². The van der Waals surface area contributed by atoms with Gasteiger partial charge >= 0.3 is 23.9 Å². The number of carbonyl (C=O) groups is 4.